The van der Waals surface area contributed by atoms with Gasteiger partial charge in [-0.2, -0.15) is 5.11 Å². The van der Waals surface area contributed by atoms with Crippen LogP contribution in [-0.4, -0.2) is 0 Å². The largest absolute Gasteiger partial charge is 0.344 e. The van der Waals surface area contributed by atoms with Crippen LogP contribution in [0.25, 0.3) is 11.1 Å². The first-order valence-electron chi connectivity index (χ1n) is 6.75. The highest BCUT2D eigenvalue weighted by molar-refractivity contribution is 9.11. The molecule has 0 aromatic heterocycles. The van der Waals surface area contributed by atoms with Gasteiger partial charge in [-0.15, -0.1) is 5.11 Å². The molecule has 0 saturated carbocycles. The maximum Gasteiger partial charge on any atom is 0.108 e. The number of azo groups is 1. The minimum atomic E-state index is 0. The van der Waals surface area contributed by atoms with Gasteiger partial charge in [0.1, 0.15) is 5.69 Å². The van der Waals surface area contributed by atoms with Crippen molar-refractivity contribution in [3.8, 4) is 11.1 Å². The molecule has 3 rings (SSSR count). The zero-order valence-corrected chi connectivity index (χ0v) is 15.5. The third-order valence-electron chi connectivity index (χ3n) is 3.13. The smallest absolute Gasteiger partial charge is 0.108 e. The van der Waals surface area contributed by atoms with Crippen LogP contribution in [0.4, 0.5) is 11.4 Å². The molecule has 3 N–H and O–H groups in total. The van der Waals surface area contributed by atoms with E-state index >= 15 is 0 Å². The Bertz CT molecular complexity index is 803. The molecule has 0 aliphatic carbocycles. The van der Waals surface area contributed by atoms with E-state index in [2.05, 4.69) is 60.3 Å². The van der Waals surface area contributed by atoms with Crippen LogP contribution in [-0.2, 0) is 0 Å². The Balaban J connectivity index is 0.00000192. The molecule has 0 spiro atoms. The topological polar surface area (TPSA) is 59.7 Å². The van der Waals surface area contributed by atoms with Crippen molar-refractivity contribution in [2.45, 2.75) is 0 Å². The molecule has 116 valence electrons. The zero-order chi connectivity index (χ0) is 15.4. The molecule has 3 nitrogen and oxygen atoms in total. The average molecular weight is 433 g/mol. The lowest BCUT2D eigenvalue weighted by Gasteiger charge is -2.08. The molecule has 23 heavy (non-hydrogen) atoms. The number of hydrogen-bond donors (Lipinski definition) is 1. The Labute approximate surface area is 152 Å². The maximum absolute atomic E-state index is 4.45. The quantitative estimate of drug-likeness (QED) is 0.429. The van der Waals surface area contributed by atoms with E-state index in [1.54, 1.807) is 0 Å². The van der Waals surface area contributed by atoms with Crippen molar-refractivity contribution in [3.05, 3.63) is 81.7 Å². The third kappa shape index (κ3) is 4.34. The van der Waals surface area contributed by atoms with Gasteiger partial charge in [0.25, 0.3) is 0 Å². The molecule has 0 saturated heterocycles. The van der Waals surface area contributed by atoms with E-state index in [-0.39, 0.29) is 6.15 Å². The summed E-state index contributed by atoms with van der Waals surface area (Å²) in [5, 5.41) is 8.78. The number of hydrogen-bond acceptors (Lipinski definition) is 3. The van der Waals surface area contributed by atoms with E-state index in [9.17, 15) is 0 Å². The van der Waals surface area contributed by atoms with Gasteiger partial charge in [-0.25, -0.2) is 0 Å². The van der Waals surface area contributed by atoms with Crippen LogP contribution >= 0.6 is 31.9 Å². The predicted molar refractivity (Wildman–Crippen MR) is 103 cm³/mol. The Kier molecular flexibility index (Phi) is 6.21. The van der Waals surface area contributed by atoms with Crippen LogP contribution in [0.2, 0.25) is 0 Å². The number of rotatable bonds is 3. The molecule has 0 unspecified atom stereocenters. The molecule has 0 heterocycles. The Hall–Kier alpha value is -1.82. The van der Waals surface area contributed by atoms with Gasteiger partial charge in [-0.3, -0.25) is 0 Å². The lowest BCUT2D eigenvalue weighted by molar-refractivity contribution is 1.22. The van der Waals surface area contributed by atoms with Gasteiger partial charge in [-0.1, -0.05) is 64.5 Å². The van der Waals surface area contributed by atoms with E-state index in [4.69, 9.17) is 0 Å². The Morgan fingerprint density at radius 3 is 1.96 bits per heavy atom. The molecular weight excluding hydrogens is 418 g/mol. The second-order valence-electron chi connectivity index (χ2n) is 4.69. The Morgan fingerprint density at radius 2 is 1.30 bits per heavy atom. The maximum atomic E-state index is 4.45. The summed E-state index contributed by atoms with van der Waals surface area (Å²) in [5.41, 5.74) is 3.78. The van der Waals surface area contributed by atoms with Gasteiger partial charge in [-0.05, 0) is 45.8 Å². The summed E-state index contributed by atoms with van der Waals surface area (Å²) < 4.78 is 1.90. The highest BCUT2D eigenvalue weighted by Crippen LogP contribution is 2.40. The molecule has 5 heteroatoms. The molecule has 0 atom stereocenters. The van der Waals surface area contributed by atoms with E-state index in [1.807, 2.05) is 54.6 Å². The van der Waals surface area contributed by atoms with Gasteiger partial charge >= 0.3 is 0 Å². The van der Waals surface area contributed by atoms with Crippen LogP contribution in [0.5, 0.6) is 0 Å². The highest BCUT2D eigenvalue weighted by Gasteiger charge is 2.10. The fourth-order valence-corrected chi connectivity index (χ4v) is 3.41. The minimum absolute atomic E-state index is 0. The molecule has 0 aliphatic heterocycles. The summed E-state index contributed by atoms with van der Waals surface area (Å²) in [6.07, 6.45) is 0. The standard InChI is InChI=1S/C18H12Br2N2.H3N/c19-14-11-16(13-7-3-1-4-8-13)18(17(20)12-14)22-21-15-9-5-2-6-10-15;/h1-12H;1H3. The Morgan fingerprint density at radius 1 is 0.696 bits per heavy atom. The van der Waals surface area contributed by atoms with Crippen LogP contribution in [0.15, 0.2) is 92.0 Å². The summed E-state index contributed by atoms with van der Waals surface area (Å²) in [5.74, 6) is 0. The second kappa shape index (κ2) is 8.15. The lowest BCUT2D eigenvalue weighted by Crippen LogP contribution is -1.81. The van der Waals surface area contributed by atoms with Crippen molar-refractivity contribution in [1.82, 2.24) is 6.15 Å². The van der Waals surface area contributed by atoms with Crippen LogP contribution < -0.4 is 6.15 Å². The summed E-state index contributed by atoms with van der Waals surface area (Å²) in [6.45, 7) is 0. The summed E-state index contributed by atoms with van der Waals surface area (Å²) in [6, 6.07) is 23.9. The SMILES string of the molecule is Brc1cc(Br)c(N=Nc2ccccc2)c(-c2ccccc2)c1.N. The first-order chi connectivity index (χ1) is 10.7. The van der Waals surface area contributed by atoms with Gasteiger partial charge in [0, 0.05) is 14.5 Å². The van der Waals surface area contributed by atoms with Crippen LogP contribution in [0, 0.1) is 0 Å². The molecule has 0 fully saturated rings. The number of halogens is 2. The monoisotopic (exact) mass is 431 g/mol. The first-order valence-corrected chi connectivity index (χ1v) is 8.34. The van der Waals surface area contributed by atoms with E-state index in [0.717, 1.165) is 31.4 Å². The molecule has 0 aliphatic rings. The zero-order valence-electron chi connectivity index (χ0n) is 12.3. The number of benzene rings is 3. The third-order valence-corrected chi connectivity index (χ3v) is 4.20. The summed E-state index contributed by atoms with van der Waals surface area (Å²) in [7, 11) is 0. The van der Waals surface area contributed by atoms with E-state index < -0.39 is 0 Å². The van der Waals surface area contributed by atoms with Crippen LogP contribution in [0.1, 0.15) is 0 Å². The van der Waals surface area contributed by atoms with Crippen molar-refractivity contribution >= 4 is 43.2 Å². The van der Waals surface area contributed by atoms with Gasteiger partial charge < -0.3 is 6.15 Å². The fourth-order valence-electron chi connectivity index (χ4n) is 2.11. The van der Waals surface area contributed by atoms with E-state index in [1.165, 1.54) is 0 Å². The minimum Gasteiger partial charge on any atom is -0.344 e. The molecular formula is C18H15Br2N3. The molecule has 0 amide bonds. The molecule has 0 radical (unpaired) electrons. The lowest BCUT2D eigenvalue weighted by atomic mass is 10.0. The van der Waals surface area contributed by atoms with Crippen molar-refractivity contribution in [2.75, 3.05) is 0 Å². The van der Waals surface area contributed by atoms with Crippen LogP contribution in [0.3, 0.4) is 0 Å². The van der Waals surface area contributed by atoms with Crippen molar-refractivity contribution < 1.29 is 0 Å². The number of nitrogens with zero attached hydrogens (tertiary/aromatic N) is 2. The first kappa shape index (κ1) is 17.5. The van der Waals surface area contributed by atoms with E-state index in [0.29, 0.717) is 0 Å². The fraction of sp³-hybridized carbons (Fsp3) is 0. The second-order valence-corrected chi connectivity index (χ2v) is 6.46. The summed E-state index contributed by atoms with van der Waals surface area (Å²) >= 11 is 7.12. The highest BCUT2D eigenvalue weighted by atomic mass is 79.9. The normalized spacial score (nSPS) is 10.5. The summed E-state index contributed by atoms with van der Waals surface area (Å²) in [4.78, 5) is 0. The molecule has 0 bridgehead atoms. The molecule has 3 aromatic carbocycles. The molecule has 3 aromatic rings. The predicted octanol–water partition coefficient (Wildman–Crippen LogP) is 7.46. The van der Waals surface area contributed by atoms with Gasteiger partial charge in [0.05, 0.1) is 5.69 Å². The van der Waals surface area contributed by atoms with Crippen molar-refractivity contribution in [2.24, 2.45) is 10.2 Å². The van der Waals surface area contributed by atoms with Gasteiger partial charge in [0.2, 0.25) is 0 Å². The van der Waals surface area contributed by atoms with Crippen molar-refractivity contribution in [3.63, 3.8) is 0 Å². The van der Waals surface area contributed by atoms with Gasteiger partial charge in [0.15, 0.2) is 0 Å². The average Bonchev–Trinajstić information content (AvgIpc) is 2.55. The van der Waals surface area contributed by atoms with Crippen molar-refractivity contribution in [1.29, 1.82) is 0 Å².